The maximum Gasteiger partial charge on any atom is 0.0950 e. The van der Waals surface area contributed by atoms with E-state index in [1.807, 2.05) is 18.3 Å². The maximum absolute atomic E-state index is 4.20. The fourth-order valence-corrected chi connectivity index (χ4v) is 2.92. The zero-order chi connectivity index (χ0) is 13.8. The minimum atomic E-state index is 0.673. The molecule has 0 bridgehead atoms. The predicted octanol–water partition coefficient (Wildman–Crippen LogP) is 2.60. The molecule has 106 valence electrons. The van der Waals surface area contributed by atoms with Crippen LogP contribution in [0.25, 0.3) is 10.9 Å². The highest BCUT2D eigenvalue weighted by Crippen LogP contribution is 2.26. The van der Waals surface area contributed by atoms with Crippen molar-refractivity contribution in [1.29, 1.82) is 0 Å². The molecule has 2 heterocycles. The number of hydrogen-bond donors (Lipinski definition) is 1. The first-order valence-electron chi connectivity index (χ1n) is 7.57. The monoisotopic (exact) mass is 270 g/mol. The molecule has 0 atom stereocenters. The van der Waals surface area contributed by atoms with Crippen molar-refractivity contribution in [3.8, 4) is 0 Å². The third-order valence-electron chi connectivity index (χ3n) is 4.04. The molecule has 1 aliphatic heterocycles. The van der Waals surface area contributed by atoms with Crippen molar-refractivity contribution in [3.63, 3.8) is 0 Å². The van der Waals surface area contributed by atoms with Crippen LogP contribution in [0.1, 0.15) is 26.2 Å². The summed E-state index contributed by atoms with van der Waals surface area (Å²) in [5, 5.41) is 13.2. The summed E-state index contributed by atoms with van der Waals surface area (Å²) in [4.78, 5) is 2.45. The summed E-state index contributed by atoms with van der Waals surface area (Å²) in [7, 11) is 0. The minimum Gasteiger partial charge on any atom is -0.370 e. The lowest BCUT2D eigenvalue weighted by Gasteiger charge is -2.34. The highest BCUT2D eigenvalue weighted by Gasteiger charge is 2.20. The number of rotatable bonds is 4. The van der Waals surface area contributed by atoms with Gasteiger partial charge in [-0.05, 0) is 31.9 Å². The average Bonchev–Trinajstić information content (AvgIpc) is 2.53. The molecule has 1 fully saturated rings. The molecule has 3 rings (SSSR count). The first-order chi connectivity index (χ1) is 9.88. The van der Waals surface area contributed by atoms with Crippen LogP contribution in [0, 0.1) is 0 Å². The Morgan fingerprint density at radius 1 is 1.25 bits per heavy atom. The van der Waals surface area contributed by atoms with E-state index in [2.05, 4.69) is 39.5 Å². The van der Waals surface area contributed by atoms with Gasteiger partial charge in [0, 0.05) is 24.5 Å². The second-order valence-corrected chi connectivity index (χ2v) is 5.46. The zero-order valence-corrected chi connectivity index (χ0v) is 12.0. The van der Waals surface area contributed by atoms with E-state index in [1.165, 1.54) is 30.3 Å². The van der Waals surface area contributed by atoms with E-state index in [0.29, 0.717) is 6.04 Å². The van der Waals surface area contributed by atoms with Gasteiger partial charge in [0.15, 0.2) is 0 Å². The minimum absolute atomic E-state index is 0.673. The lowest BCUT2D eigenvalue weighted by Crippen LogP contribution is -2.42. The number of piperidine rings is 1. The Bertz CT molecular complexity index is 556. The smallest absolute Gasteiger partial charge is 0.0950 e. The summed E-state index contributed by atoms with van der Waals surface area (Å²) in [5.41, 5.74) is 2.21. The van der Waals surface area contributed by atoms with Crippen LogP contribution in [0.5, 0.6) is 0 Å². The fourth-order valence-electron chi connectivity index (χ4n) is 2.92. The van der Waals surface area contributed by atoms with Crippen LogP contribution in [0.4, 0.5) is 5.69 Å². The molecule has 4 nitrogen and oxygen atoms in total. The van der Waals surface area contributed by atoms with Gasteiger partial charge < -0.3 is 10.2 Å². The predicted molar refractivity (Wildman–Crippen MR) is 83.1 cm³/mol. The first kappa shape index (κ1) is 13.3. The van der Waals surface area contributed by atoms with Crippen LogP contribution in [0.3, 0.4) is 0 Å². The molecule has 1 aromatic carbocycles. The Labute approximate surface area is 120 Å². The van der Waals surface area contributed by atoms with Gasteiger partial charge in [0.2, 0.25) is 0 Å². The molecule has 4 heteroatoms. The summed E-state index contributed by atoms with van der Waals surface area (Å²) in [6.07, 6.45) is 5.52. The Morgan fingerprint density at radius 3 is 2.85 bits per heavy atom. The molecule has 0 saturated carbocycles. The van der Waals surface area contributed by atoms with E-state index < -0.39 is 0 Å². The third kappa shape index (κ3) is 2.75. The highest BCUT2D eigenvalue weighted by molar-refractivity contribution is 5.90. The Hall–Kier alpha value is -1.68. The molecule has 2 aromatic rings. The topological polar surface area (TPSA) is 41.0 Å². The first-order valence-corrected chi connectivity index (χ1v) is 7.57. The van der Waals surface area contributed by atoms with Crippen molar-refractivity contribution >= 4 is 16.6 Å². The zero-order valence-electron chi connectivity index (χ0n) is 12.0. The van der Waals surface area contributed by atoms with Crippen molar-refractivity contribution in [2.75, 3.05) is 24.5 Å². The van der Waals surface area contributed by atoms with Gasteiger partial charge in [-0.1, -0.05) is 25.1 Å². The number of aromatic nitrogens is 2. The number of benzene rings is 1. The molecule has 0 aliphatic carbocycles. The van der Waals surface area contributed by atoms with Crippen molar-refractivity contribution in [1.82, 2.24) is 15.5 Å². The van der Waals surface area contributed by atoms with E-state index in [4.69, 9.17) is 0 Å². The quantitative estimate of drug-likeness (QED) is 0.927. The Balaban J connectivity index is 1.74. The summed E-state index contributed by atoms with van der Waals surface area (Å²) < 4.78 is 0. The fraction of sp³-hybridized carbons (Fsp3) is 0.500. The largest absolute Gasteiger partial charge is 0.370 e. The molecule has 0 amide bonds. The second-order valence-electron chi connectivity index (χ2n) is 5.46. The van der Waals surface area contributed by atoms with Crippen LogP contribution < -0.4 is 10.2 Å². The van der Waals surface area contributed by atoms with Gasteiger partial charge in [-0.3, -0.25) is 0 Å². The SMILES string of the molecule is CCCNC1CCN(c2cnnc3ccccc23)CC1. The number of nitrogens with zero attached hydrogens (tertiary/aromatic N) is 3. The van der Waals surface area contributed by atoms with E-state index >= 15 is 0 Å². The lowest BCUT2D eigenvalue weighted by atomic mass is 10.0. The summed E-state index contributed by atoms with van der Waals surface area (Å²) in [6, 6.07) is 8.93. The Kier molecular flexibility index (Phi) is 4.11. The molecule has 1 saturated heterocycles. The number of anilines is 1. The molecule has 0 radical (unpaired) electrons. The van der Waals surface area contributed by atoms with Crippen LogP contribution in [-0.2, 0) is 0 Å². The normalized spacial score (nSPS) is 16.8. The summed E-state index contributed by atoms with van der Waals surface area (Å²) >= 11 is 0. The van der Waals surface area contributed by atoms with Gasteiger partial charge in [0.1, 0.15) is 0 Å². The van der Waals surface area contributed by atoms with E-state index in [1.54, 1.807) is 0 Å². The highest BCUT2D eigenvalue weighted by atomic mass is 15.2. The van der Waals surface area contributed by atoms with Crippen LogP contribution in [0.2, 0.25) is 0 Å². The van der Waals surface area contributed by atoms with Crippen molar-refractivity contribution < 1.29 is 0 Å². The standard InChI is InChI=1S/C16H22N4/c1-2-9-17-13-7-10-20(11-8-13)16-12-18-19-15-6-4-3-5-14(15)16/h3-6,12-13,17H,2,7-11H2,1H3. The van der Waals surface area contributed by atoms with Crippen molar-refractivity contribution in [2.24, 2.45) is 0 Å². The molecule has 1 N–H and O–H groups in total. The van der Waals surface area contributed by atoms with Crippen molar-refractivity contribution in [2.45, 2.75) is 32.2 Å². The van der Waals surface area contributed by atoms with Gasteiger partial charge in [0.05, 0.1) is 17.4 Å². The van der Waals surface area contributed by atoms with Gasteiger partial charge in [0.25, 0.3) is 0 Å². The van der Waals surface area contributed by atoms with Gasteiger partial charge >= 0.3 is 0 Å². The summed E-state index contributed by atoms with van der Waals surface area (Å²) in [6.45, 7) is 5.54. The molecular weight excluding hydrogens is 248 g/mol. The van der Waals surface area contributed by atoms with Crippen molar-refractivity contribution in [3.05, 3.63) is 30.5 Å². The van der Waals surface area contributed by atoms with Crippen LogP contribution in [0.15, 0.2) is 30.5 Å². The van der Waals surface area contributed by atoms with Crippen LogP contribution in [-0.4, -0.2) is 35.9 Å². The molecule has 0 unspecified atom stereocenters. The second kappa shape index (κ2) is 6.18. The van der Waals surface area contributed by atoms with Gasteiger partial charge in [-0.25, -0.2) is 0 Å². The molecule has 1 aromatic heterocycles. The number of fused-ring (bicyclic) bond motifs is 1. The van der Waals surface area contributed by atoms with E-state index in [0.717, 1.165) is 25.2 Å². The van der Waals surface area contributed by atoms with E-state index in [-0.39, 0.29) is 0 Å². The molecule has 20 heavy (non-hydrogen) atoms. The molecule has 1 aliphatic rings. The molecular formula is C16H22N4. The van der Waals surface area contributed by atoms with Gasteiger partial charge in [-0.15, -0.1) is 0 Å². The lowest BCUT2D eigenvalue weighted by molar-refractivity contribution is 0.416. The maximum atomic E-state index is 4.20. The number of nitrogens with one attached hydrogen (secondary N) is 1. The Morgan fingerprint density at radius 2 is 2.05 bits per heavy atom. The molecule has 0 spiro atoms. The third-order valence-corrected chi connectivity index (χ3v) is 4.04. The number of hydrogen-bond acceptors (Lipinski definition) is 4. The average molecular weight is 270 g/mol. The van der Waals surface area contributed by atoms with Crippen LogP contribution >= 0.6 is 0 Å². The van der Waals surface area contributed by atoms with E-state index in [9.17, 15) is 0 Å². The van der Waals surface area contributed by atoms with Gasteiger partial charge in [-0.2, -0.15) is 10.2 Å². The summed E-state index contributed by atoms with van der Waals surface area (Å²) in [5.74, 6) is 0.